The first-order valence-corrected chi connectivity index (χ1v) is 6.28. The molecule has 21 heavy (non-hydrogen) atoms. The van der Waals surface area contributed by atoms with Crippen molar-refractivity contribution in [2.45, 2.75) is 6.92 Å². The molecule has 1 amide bonds. The van der Waals surface area contributed by atoms with Crippen molar-refractivity contribution in [2.75, 3.05) is 5.43 Å². The summed E-state index contributed by atoms with van der Waals surface area (Å²) < 4.78 is 16.0. The summed E-state index contributed by atoms with van der Waals surface area (Å²) in [5.74, 6) is -0.695. The van der Waals surface area contributed by atoms with Crippen LogP contribution in [0.4, 0.5) is 4.39 Å². The quantitative estimate of drug-likeness (QED) is 0.799. The van der Waals surface area contributed by atoms with Gasteiger partial charge in [0.2, 0.25) is 0 Å². The number of carbonyl (C=O) groups is 1. The molecule has 0 aliphatic rings. The molecule has 0 aliphatic carbocycles. The first-order chi connectivity index (χ1) is 10.1. The fourth-order valence-corrected chi connectivity index (χ4v) is 1.95. The van der Waals surface area contributed by atoms with Crippen LogP contribution in [0.15, 0.2) is 48.8 Å². The van der Waals surface area contributed by atoms with E-state index in [1.54, 1.807) is 43.6 Å². The Labute approximate surface area is 119 Å². The molecule has 3 rings (SSSR count). The second-order valence-corrected chi connectivity index (χ2v) is 4.44. The van der Waals surface area contributed by atoms with Crippen molar-refractivity contribution in [1.82, 2.24) is 19.7 Å². The molecule has 0 radical (unpaired) electrons. The van der Waals surface area contributed by atoms with Crippen LogP contribution in [0.2, 0.25) is 0 Å². The van der Waals surface area contributed by atoms with Gasteiger partial charge in [0.25, 0.3) is 5.91 Å². The van der Waals surface area contributed by atoms with E-state index in [1.807, 2.05) is 0 Å². The number of nitrogens with zero attached hydrogens (tertiary/aromatic N) is 4. The second kappa shape index (κ2) is 5.20. The van der Waals surface area contributed by atoms with Crippen LogP contribution in [-0.4, -0.2) is 25.6 Å². The molecule has 0 saturated carbocycles. The predicted molar refractivity (Wildman–Crippen MR) is 74.2 cm³/mol. The van der Waals surface area contributed by atoms with E-state index in [-0.39, 0.29) is 17.4 Å². The van der Waals surface area contributed by atoms with Crippen LogP contribution in [-0.2, 0) is 0 Å². The SMILES string of the molecule is Cc1c(C(=O)Nn2cccc2)nnn1-c1ccc(F)cc1. The summed E-state index contributed by atoms with van der Waals surface area (Å²) in [6.07, 6.45) is 3.41. The molecule has 0 bridgehead atoms. The van der Waals surface area contributed by atoms with Crippen LogP contribution in [0.5, 0.6) is 0 Å². The minimum Gasteiger partial charge on any atom is -0.268 e. The number of nitrogens with one attached hydrogen (secondary N) is 1. The van der Waals surface area contributed by atoms with Gasteiger partial charge in [0.05, 0.1) is 11.4 Å². The summed E-state index contributed by atoms with van der Waals surface area (Å²) in [5, 5.41) is 7.83. The maximum atomic E-state index is 12.9. The molecule has 0 atom stereocenters. The van der Waals surface area contributed by atoms with Gasteiger partial charge in [-0.3, -0.25) is 14.9 Å². The number of hydrogen-bond acceptors (Lipinski definition) is 3. The zero-order valence-corrected chi connectivity index (χ0v) is 11.2. The summed E-state index contributed by atoms with van der Waals surface area (Å²) in [4.78, 5) is 12.1. The first kappa shape index (κ1) is 13.0. The molecule has 6 nitrogen and oxygen atoms in total. The molecule has 0 unspecified atom stereocenters. The van der Waals surface area contributed by atoms with Gasteiger partial charge in [-0.1, -0.05) is 5.21 Å². The Morgan fingerprint density at radius 1 is 1.19 bits per heavy atom. The molecule has 2 heterocycles. The lowest BCUT2D eigenvalue weighted by Gasteiger charge is -2.05. The first-order valence-electron chi connectivity index (χ1n) is 6.28. The van der Waals surface area contributed by atoms with Gasteiger partial charge in [-0.25, -0.2) is 9.07 Å². The summed E-state index contributed by atoms with van der Waals surface area (Å²) in [6, 6.07) is 9.40. The molecule has 1 N–H and O–H groups in total. The molecule has 0 fully saturated rings. The summed E-state index contributed by atoms with van der Waals surface area (Å²) in [5.41, 5.74) is 4.09. The number of rotatable bonds is 3. The van der Waals surface area contributed by atoms with Crippen LogP contribution in [0.1, 0.15) is 16.2 Å². The predicted octanol–water partition coefficient (Wildman–Crippen LogP) is 1.90. The molecule has 0 saturated heterocycles. The van der Waals surface area contributed by atoms with E-state index in [2.05, 4.69) is 15.7 Å². The minimum atomic E-state index is -0.364. The van der Waals surface area contributed by atoms with Crippen molar-refractivity contribution in [2.24, 2.45) is 0 Å². The number of aromatic nitrogens is 4. The standard InChI is InChI=1S/C14H12FN5O/c1-10-13(14(21)17-19-8-2-3-9-19)16-18-20(10)12-6-4-11(15)5-7-12/h2-9H,1H3,(H,17,21). The van der Waals surface area contributed by atoms with Gasteiger partial charge >= 0.3 is 0 Å². The lowest BCUT2D eigenvalue weighted by Crippen LogP contribution is -2.22. The number of amides is 1. The molecule has 2 aromatic heterocycles. The highest BCUT2D eigenvalue weighted by Crippen LogP contribution is 2.13. The van der Waals surface area contributed by atoms with Gasteiger partial charge in [-0.2, -0.15) is 0 Å². The summed E-state index contributed by atoms with van der Waals surface area (Å²) in [7, 11) is 0. The normalized spacial score (nSPS) is 10.6. The second-order valence-electron chi connectivity index (χ2n) is 4.44. The lowest BCUT2D eigenvalue weighted by molar-refractivity contribution is 0.100. The highest BCUT2D eigenvalue weighted by molar-refractivity contribution is 5.99. The largest absolute Gasteiger partial charge is 0.292 e. The fourth-order valence-electron chi connectivity index (χ4n) is 1.95. The zero-order valence-electron chi connectivity index (χ0n) is 11.2. The van der Waals surface area contributed by atoms with Crippen molar-refractivity contribution >= 4 is 5.91 Å². The molecule has 0 spiro atoms. The van der Waals surface area contributed by atoms with Gasteiger partial charge in [-0.05, 0) is 43.3 Å². The highest BCUT2D eigenvalue weighted by Gasteiger charge is 2.17. The Morgan fingerprint density at radius 2 is 1.86 bits per heavy atom. The zero-order chi connectivity index (χ0) is 14.8. The van der Waals surface area contributed by atoms with Crippen molar-refractivity contribution < 1.29 is 9.18 Å². The maximum absolute atomic E-state index is 12.9. The third kappa shape index (κ3) is 2.53. The minimum absolute atomic E-state index is 0.216. The van der Waals surface area contributed by atoms with Crippen LogP contribution >= 0.6 is 0 Å². The average molecular weight is 285 g/mol. The molecule has 0 aliphatic heterocycles. The highest BCUT2D eigenvalue weighted by atomic mass is 19.1. The Kier molecular flexibility index (Phi) is 3.23. The Hall–Kier alpha value is -2.96. The van der Waals surface area contributed by atoms with E-state index in [4.69, 9.17) is 0 Å². The third-order valence-electron chi connectivity index (χ3n) is 3.02. The topological polar surface area (TPSA) is 64.7 Å². The third-order valence-corrected chi connectivity index (χ3v) is 3.02. The molecule has 106 valence electrons. The summed E-state index contributed by atoms with van der Waals surface area (Å²) in [6.45, 7) is 1.73. The lowest BCUT2D eigenvalue weighted by atomic mass is 10.3. The maximum Gasteiger partial charge on any atom is 0.292 e. The Balaban J connectivity index is 1.88. The number of hydrogen-bond donors (Lipinski definition) is 1. The van der Waals surface area contributed by atoms with E-state index < -0.39 is 0 Å². The Morgan fingerprint density at radius 3 is 2.52 bits per heavy atom. The van der Waals surface area contributed by atoms with E-state index in [0.717, 1.165) is 0 Å². The molecule has 1 aromatic carbocycles. The smallest absolute Gasteiger partial charge is 0.268 e. The molecule has 3 aromatic rings. The van der Waals surface area contributed by atoms with Crippen molar-refractivity contribution in [3.63, 3.8) is 0 Å². The number of halogens is 1. The molecular formula is C14H12FN5O. The van der Waals surface area contributed by atoms with Crippen molar-refractivity contribution in [1.29, 1.82) is 0 Å². The van der Waals surface area contributed by atoms with Crippen LogP contribution in [0, 0.1) is 12.7 Å². The van der Waals surface area contributed by atoms with Crippen molar-refractivity contribution in [3.8, 4) is 5.69 Å². The van der Waals surface area contributed by atoms with Crippen LogP contribution in [0.25, 0.3) is 5.69 Å². The number of carbonyl (C=O) groups excluding carboxylic acids is 1. The van der Waals surface area contributed by atoms with Gasteiger partial charge < -0.3 is 0 Å². The monoisotopic (exact) mass is 285 g/mol. The van der Waals surface area contributed by atoms with E-state index in [9.17, 15) is 9.18 Å². The molecular weight excluding hydrogens is 273 g/mol. The van der Waals surface area contributed by atoms with E-state index in [1.165, 1.54) is 21.5 Å². The van der Waals surface area contributed by atoms with E-state index >= 15 is 0 Å². The fraction of sp³-hybridized carbons (Fsp3) is 0.0714. The van der Waals surface area contributed by atoms with Gasteiger partial charge in [0.15, 0.2) is 5.69 Å². The van der Waals surface area contributed by atoms with Gasteiger partial charge in [0.1, 0.15) is 5.82 Å². The Bertz CT molecular complexity index is 761. The van der Waals surface area contributed by atoms with E-state index in [0.29, 0.717) is 11.4 Å². The van der Waals surface area contributed by atoms with Crippen molar-refractivity contribution in [3.05, 3.63) is 66.0 Å². The average Bonchev–Trinajstić information content (AvgIpc) is 3.09. The van der Waals surface area contributed by atoms with Gasteiger partial charge in [-0.15, -0.1) is 5.10 Å². The summed E-state index contributed by atoms with van der Waals surface area (Å²) >= 11 is 0. The van der Waals surface area contributed by atoms with Gasteiger partial charge in [0, 0.05) is 12.4 Å². The number of benzene rings is 1. The molecule has 7 heteroatoms. The van der Waals surface area contributed by atoms with Crippen LogP contribution < -0.4 is 5.43 Å². The van der Waals surface area contributed by atoms with Crippen LogP contribution in [0.3, 0.4) is 0 Å².